The van der Waals surface area contributed by atoms with E-state index in [4.69, 9.17) is 14.4 Å². The van der Waals surface area contributed by atoms with Gasteiger partial charge in [0.1, 0.15) is 11.2 Å². The first kappa shape index (κ1) is 26.5. The van der Waals surface area contributed by atoms with Crippen molar-refractivity contribution in [1.82, 2.24) is 9.97 Å². The first-order valence-electron chi connectivity index (χ1n) is 15.0. The van der Waals surface area contributed by atoms with E-state index in [2.05, 4.69) is 36.4 Å². The summed E-state index contributed by atoms with van der Waals surface area (Å²) in [6, 6.07) is 47.3. The topological polar surface area (TPSA) is 73.1 Å². The SMILES string of the molecule is O=S1(=O)c2ccccc2-c2cc(-c3ccc4oc5cc(-c6nc(-c7ccccc7)cc(-c7ccccc7)n6)ccc5c4c3)ccc21. The summed E-state index contributed by atoms with van der Waals surface area (Å²) in [5.41, 5.74) is 9.53. The van der Waals surface area contributed by atoms with Crippen molar-refractivity contribution in [1.29, 1.82) is 0 Å². The quantitative estimate of drug-likeness (QED) is 0.198. The maximum Gasteiger partial charge on any atom is 0.207 e. The maximum atomic E-state index is 13.1. The van der Waals surface area contributed by atoms with E-state index in [0.29, 0.717) is 15.6 Å². The molecule has 0 spiro atoms. The molecule has 0 radical (unpaired) electrons. The Morgan fingerprint density at radius 3 is 1.78 bits per heavy atom. The van der Waals surface area contributed by atoms with Crippen molar-refractivity contribution in [3.8, 4) is 56.2 Å². The predicted octanol–water partition coefficient (Wildman–Crippen LogP) is 9.86. The number of sulfone groups is 1. The average molecular weight is 613 g/mol. The Morgan fingerprint density at radius 1 is 0.435 bits per heavy atom. The maximum absolute atomic E-state index is 13.1. The van der Waals surface area contributed by atoms with Crippen molar-refractivity contribution in [2.45, 2.75) is 9.79 Å². The molecule has 0 unspecified atom stereocenters. The Hall–Kier alpha value is -5.85. The molecule has 0 atom stereocenters. The summed E-state index contributed by atoms with van der Waals surface area (Å²) in [5.74, 6) is 0.622. The molecule has 1 aliphatic heterocycles. The highest BCUT2D eigenvalue weighted by atomic mass is 32.2. The second-order valence-electron chi connectivity index (χ2n) is 11.4. The van der Waals surface area contributed by atoms with E-state index in [-0.39, 0.29) is 0 Å². The smallest absolute Gasteiger partial charge is 0.207 e. The molecule has 0 saturated heterocycles. The molecule has 0 amide bonds. The third-order valence-electron chi connectivity index (χ3n) is 8.66. The highest BCUT2D eigenvalue weighted by Gasteiger charge is 2.32. The van der Waals surface area contributed by atoms with Crippen molar-refractivity contribution >= 4 is 31.8 Å². The molecule has 0 saturated carbocycles. The van der Waals surface area contributed by atoms with E-state index < -0.39 is 9.84 Å². The summed E-state index contributed by atoms with van der Waals surface area (Å²) in [7, 11) is -3.51. The van der Waals surface area contributed by atoms with Crippen LogP contribution in [0.15, 0.2) is 160 Å². The van der Waals surface area contributed by atoms with E-state index in [9.17, 15) is 8.42 Å². The molecule has 0 bridgehead atoms. The number of hydrogen-bond acceptors (Lipinski definition) is 5. The van der Waals surface area contributed by atoms with Gasteiger partial charge in [-0.1, -0.05) is 97.1 Å². The van der Waals surface area contributed by atoms with Gasteiger partial charge in [0.05, 0.1) is 21.2 Å². The molecular weight excluding hydrogens is 589 g/mol. The van der Waals surface area contributed by atoms with Gasteiger partial charge in [-0.15, -0.1) is 0 Å². The molecule has 2 aromatic heterocycles. The molecule has 6 aromatic carbocycles. The summed E-state index contributed by atoms with van der Waals surface area (Å²) in [6.45, 7) is 0. The monoisotopic (exact) mass is 612 g/mol. The third-order valence-corrected chi connectivity index (χ3v) is 10.5. The van der Waals surface area contributed by atoms with Gasteiger partial charge in [-0.2, -0.15) is 0 Å². The molecule has 0 N–H and O–H groups in total. The molecular formula is C40H24N2O3S. The number of rotatable bonds is 4. The van der Waals surface area contributed by atoms with Gasteiger partial charge >= 0.3 is 0 Å². The van der Waals surface area contributed by atoms with Crippen molar-refractivity contribution in [2.75, 3.05) is 0 Å². The second-order valence-corrected chi connectivity index (χ2v) is 13.3. The lowest BCUT2D eigenvalue weighted by molar-refractivity contribution is 0.598. The Bertz CT molecular complexity index is 2530. The van der Waals surface area contributed by atoms with E-state index in [1.165, 1.54) is 0 Å². The summed E-state index contributed by atoms with van der Waals surface area (Å²) in [4.78, 5) is 10.7. The van der Waals surface area contributed by atoms with E-state index >= 15 is 0 Å². The van der Waals surface area contributed by atoms with Crippen molar-refractivity contribution in [3.05, 3.63) is 146 Å². The third kappa shape index (κ3) is 4.19. The molecule has 3 heterocycles. The lowest BCUT2D eigenvalue weighted by atomic mass is 9.98. The Balaban J connectivity index is 1.14. The Labute approximate surface area is 265 Å². The summed E-state index contributed by atoms with van der Waals surface area (Å²) < 4.78 is 32.5. The minimum Gasteiger partial charge on any atom is -0.456 e. The largest absolute Gasteiger partial charge is 0.456 e. The van der Waals surface area contributed by atoms with E-state index in [0.717, 1.165) is 72.3 Å². The predicted molar refractivity (Wildman–Crippen MR) is 182 cm³/mol. The van der Waals surface area contributed by atoms with Gasteiger partial charge in [-0.05, 0) is 59.7 Å². The molecule has 0 aliphatic carbocycles. The first-order chi connectivity index (χ1) is 22.5. The summed E-state index contributed by atoms with van der Waals surface area (Å²) in [6.07, 6.45) is 0. The van der Waals surface area contributed by atoms with Gasteiger partial charge in [0.25, 0.3) is 0 Å². The average Bonchev–Trinajstić information content (AvgIpc) is 3.59. The van der Waals surface area contributed by atoms with E-state index in [1.807, 2.05) is 91.0 Å². The molecule has 46 heavy (non-hydrogen) atoms. The lowest BCUT2D eigenvalue weighted by Gasteiger charge is -2.09. The van der Waals surface area contributed by atoms with Crippen LogP contribution in [0.25, 0.3) is 78.1 Å². The van der Waals surface area contributed by atoms with Crippen molar-refractivity contribution < 1.29 is 12.8 Å². The fraction of sp³-hybridized carbons (Fsp3) is 0. The van der Waals surface area contributed by atoms with E-state index in [1.54, 1.807) is 18.2 Å². The highest BCUT2D eigenvalue weighted by Crippen LogP contribution is 2.45. The van der Waals surface area contributed by atoms with Crippen LogP contribution in [0.4, 0.5) is 0 Å². The van der Waals surface area contributed by atoms with Crippen LogP contribution < -0.4 is 0 Å². The van der Waals surface area contributed by atoms with Gasteiger partial charge in [0, 0.05) is 38.6 Å². The van der Waals surface area contributed by atoms with Crippen LogP contribution in [-0.4, -0.2) is 18.4 Å². The van der Waals surface area contributed by atoms with Gasteiger partial charge in [-0.3, -0.25) is 0 Å². The van der Waals surface area contributed by atoms with Crippen LogP contribution in [0.3, 0.4) is 0 Å². The fourth-order valence-electron chi connectivity index (χ4n) is 6.38. The molecule has 9 rings (SSSR count). The van der Waals surface area contributed by atoms with Crippen LogP contribution in [0.5, 0.6) is 0 Å². The normalized spacial score (nSPS) is 13.1. The zero-order valence-electron chi connectivity index (χ0n) is 24.4. The second kappa shape index (κ2) is 10.1. The zero-order chi connectivity index (χ0) is 30.8. The molecule has 8 aromatic rings. The minimum absolute atomic E-state index is 0.355. The van der Waals surface area contributed by atoms with Crippen LogP contribution in [-0.2, 0) is 9.84 Å². The lowest BCUT2D eigenvalue weighted by Crippen LogP contribution is -1.96. The van der Waals surface area contributed by atoms with Crippen LogP contribution >= 0.6 is 0 Å². The molecule has 0 fully saturated rings. The van der Waals surface area contributed by atoms with Crippen LogP contribution in [0, 0.1) is 0 Å². The number of hydrogen-bond donors (Lipinski definition) is 0. The van der Waals surface area contributed by atoms with Crippen molar-refractivity contribution in [3.63, 3.8) is 0 Å². The standard InChI is InChI=1S/C40H24N2O3S/c43-46(44)38-14-8-7-13-31(38)33-22-28(17-20-39(33)46)27-16-19-36-32(21-27)30-18-15-29(23-37(30)45-36)40-41-34(25-9-3-1-4-10-25)24-35(42-40)26-11-5-2-6-12-26/h1-24H. The Kier molecular flexibility index (Phi) is 5.82. The van der Waals surface area contributed by atoms with Crippen LogP contribution in [0.2, 0.25) is 0 Å². The molecule has 5 nitrogen and oxygen atoms in total. The van der Waals surface area contributed by atoms with Gasteiger partial charge in [0.15, 0.2) is 5.82 Å². The van der Waals surface area contributed by atoms with Crippen molar-refractivity contribution in [2.24, 2.45) is 0 Å². The highest BCUT2D eigenvalue weighted by molar-refractivity contribution is 7.92. The fourth-order valence-corrected chi connectivity index (χ4v) is 8.05. The minimum atomic E-state index is -3.51. The van der Waals surface area contributed by atoms with Crippen LogP contribution in [0.1, 0.15) is 0 Å². The number of fused-ring (bicyclic) bond motifs is 6. The number of benzene rings is 6. The molecule has 218 valence electrons. The summed E-state index contributed by atoms with van der Waals surface area (Å²) >= 11 is 0. The number of nitrogens with zero attached hydrogens (tertiary/aromatic N) is 2. The Morgan fingerprint density at radius 2 is 1.04 bits per heavy atom. The zero-order valence-corrected chi connectivity index (χ0v) is 25.2. The number of furan rings is 1. The van der Waals surface area contributed by atoms with Gasteiger partial charge in [-0.25, -0.2) is 18.4 Å². The molecule has 1 aliphatic rings. The summed E-state index contributed by atoms with van der Waals surface area (Å²) in [5, 5.41) is 1.97. The number of aromatic nitrogens is 2. The van der Waals surface area contributed by atoms with Gasteiger partial charge in [0.2, 0.25) is 9.84 Å². The van der Waals surface area contributed by atoms with Gasteiger partial charge < -0.3 is 4.42 Å². The molecule has 6 heteroatoms. The first-order valence-corrected chi connectivity index (χ1v) is 16.5.